The Morgan fingerprint density at radius 2 is 1.81 bits per heavy atom. The van der Waals surface area contributed by atoms with Crippen LogP contribution in [0.25, 0.3) is 22.3 Å². The van der Waals surface area contributed by atoms with Crippen LogP contribution >= 0.6 is 0 Å². The first-order chi connectivity index (χ1) is 13.1. The van der Waals surface area contributed by atoms with Crippen LogP contribution in [0.4, 0.5) is 5.69 Å². The Kier molecular flexibility index (Phi) is 3.82. The lowest BCUT2D eigenvalue weighted by atomic mass is 9.87. The summed E-state index contributed by atoms with van der Waals surface area (Å²) in [6.45, 7) is 11.9. The molecular weight excluding hydrogens is 332 g/mol. The van der Waals surface area contributed by atoms with E-state index in [1.54, 1.807) is 0 Å². The van der Waals surface area contributed by atoms with Crippen LogP contribution in [-0.2, 0) is 12.8 Å². The van der Waals surface area contributed by atoms with E-state index >= 15 is 0 Å². The Morgan fingerprint density at radius 1 is 1.04 bits per heavy atom. The molecule has 0 fully saturated rings. The first-order valence-corrected chi connectivity index (χ1v) is 10.4. The maximum atomic E-state index is 6.68. The zero-order valence-corrected chi connectivity index (χ0v) is 16.9. The number of nitrogens with zero attached hydrogens (tertiary/aromatic N) is 2. The summed E-state index contributed by atoms with van der Waals surface area (Å²) in [7, 11) is 0. The quantitative estimate of drug-likeness (QED) is 0.566. The van der Waals surface area contributed by atoms with Gasteiger partial charge in [-0.05, 0) is 82.2 Å². The van der Waals surface area contributed by atoms with Gasteiger partial charge in [-0.25, -0.2) is 0 Å². The van der Waals surface area contributed by atoms with Crippen molar-refractivity contribution >= 4 is 16.7 Å². The third-order valence-electron chi connectivity index (χ3n) is 6.48. The molecule has 0 saturated carbocycles. The van der Waals surface area contributed by atoms with Crippen molar-refractivity contribution in [3.05, 3.63) is 45.3 Å². The summed E-state index contributed by atoms with van der Waals surface area (Å²) in [4.78, 5) is 7.32. The third-order valence-corrected chi connectivity index (χ3v) is 6.48. The molecule has 0 amide bonds. The highest BCUT2D eigenvalue weighted by molar-refractivity contribution is 5.95. The molecule has 3 nitrogen and oxygen atoms in total. The van der Waals surface area contributed by atoms with Gasteiger partial charge in [-0.15, -0.1) is 0 Å². The van der Waals surface area contributed by atoms with Gasteiger partial charge in [0.05, 0.1) is 5.36 Å². The lowest BCUT2D eigenvalue weighted by Gasteiger charge is -2.37. The minimum Gasteiger partial charge on any atom is -0.455 e. The van der Waals surface area contributed by atoms with E-state index in [0.29, 0.717) is 0 Å². The van der Waals surface area contributed by atoms with E-state index in [2.05, 4.69) is 44.7 Å². The standard InChI is InChI=1S/C24H28N2O/c1-5-25-21-14(2)12-19-15(3)20-13-17-8-6-10-26-11-7-9-18(22(17)26)24(20)27-23(19)16(21)4/h12-13H,5-11H2,1-4H3. The van der Waals surface area contributed by atoms with Gasteiger partial charge < -0.3 is 9.32 Å². The molecule has 1 aliphatic carbocycles. The van der Waals surface area contributed by atoms with Gasteiger partial charge in [-0.1, -0.05) is 0 Å². The normalized spacial score (nSPS) is 17.0. The van der Waals surface area contributed by atoms with Gasteiger partial charge >= 0.3 is 0 Å². The minimum absolute atomic E-state index is 0.799. The Morgan fingerprint density at radius 3 is 2.59 bits per heavy atom. The highest BCUT2D eigenvalue weighted by Crippen LogP contribution is 2.44. The number of rotatable bonds is 1. The summed E-state index contributed by atoms with van der Waals surface area (Å²) in [5, 5.41) is 2.40. The number of hydrogen-bond acceptors (Lipinski definition) is 3. The topological polar surface area (TPSA) is 28.7 Å². The van der Waals surface area contributed by atoms with Gasteiger partial charge in [0.25, 0.3) is 0 Å². The summed E-state index contributed by atoms with van der Waals surface area (Å²) in [5.41, 5.74) is 10.6. The van der Waals surface area contributed by atoms with Crippen molar-refractivity contribution in [1.82, 2.24) is 0 Å². The molecule has 0 bridgehead atoms. The zero-order chi connectivity index (χ0) is 18.7. The highest BCUT2D eigenvalue weighted by atomic mass is 16.3. The molecule has 0 aromatic heterocycles. The third kappa shape index (κ3) is 2.37. The molecule has 1 aromatic rings. The Hall–Kier alpha value is -2.29. The second-order valence-corrected chi connectivity index (χ2v) is 8.18. The van der Waals surface area contributed by atoms with Crippen molar-refractivity contribution in [2.24, 2.45) is 4.99 Å². The SMILES string of the molecule is CCN=c1c(C)cc2c(C)c3cc4c5c(c3oc-2c1C)CCCN5CCC4. The Balaban J connectivity index is 1.93. The molecule has 4 aliphatic rings. The van der Waals surface area contributed by atoms with E-state index in [4.69, 9.17) is 9.41 Å². The second-order valence-electron chi connectivity index (χ2n) is 8.18. The van der Waals surface area contributed by atoms with Crippen LogP contribution in [0.1, 0.15) is 47.6 Å². The predicted molar refractivity (Wildman–Crippen MR) is 112 cm³/mol. The van der Waals surface area contributed by atoms with E-state index in [0.717, 1.165) is 29.7 Å². The zero-order valence-electron chi connectivity index (χ0n) is 16.9. The smallest absolute Gasteiger partial charge is 0.140 e. The number of hydrogen-bond donors (Lipinski definition) is 0. The molecule has 140 valence electrons. The van der Waals surface area contributed by atoms with Crippen LogP contribution in [0.2, 0.25) is 0 Å². The Bertz CT molecular complexity index is 1100. The highest BCUT2D eigenvalue weighted by Gasteiger charge is 2.28. The fourth-order valence-electron chi connectivity index (χ4n) is 5.24. The molecule has 0 atom stereocenters. The number of anilines is 1. The van der Waals surface area contributed by atoms with E-state index < -0.39 is 0 Å². The van der Waals surface area contributed by atoms with Crippen molar-refractivity contribution in [1.29, 1.82) is 0 Å². The van der Waals surface area contributed by atoms with Gasteiger partial charge in [0.2, 0.25) is 0 Å². The van der Waals surface area contributed by atoms with Gasteiger partial charge in [-0.2, -0.15) is 0 Å². The molecule has 27 heavy (non-hydrogen) atoms. The number of benzene rings is 2. The summed E-state index contributed by atoms with van der Waals surface area (Å²) >= 11 is 0. The fourth-order valence-corrected chi connectivity index (χ4v) is 5.24. The average molecular weight is 361 g/mol. The van der Waals surface area contributed by atoms with Crippen molar-refractivity contribution in [2.45, 2.75) is 53.4 Å². The molecule has 0 unspecified atom stereocenters. The fraction of sp³-hybridized carbons (Fsp3) is 0.458. The molecule has 0 saturated heterocycles. The lowest BCUT2D eigenvalue weighted by molar-refractivity contribution is 0.590. The summed E-state index contributed by atoms with van der Waals surface area (Å²) in [6, 6.07) is 4.69. The van der Waals surface area contributed by atoms with Gasteiger partial charge in [0.1, 0.15) is 11.3 Å². The maximum absolute atomic E-state index is 6.68. The molecule has 3 heterocycles. The second kappa shape index (κ2) is 6.12. The monoisotopic (exact) mass is 360 g/mol. The van der Waals surface area contributed by atoms with Crippen LogP contribution in [0.3, 0.4) is 0 Å². The molecular formula is C24H28N2O. The summed E-state index contributed by atoms with van der Waals surface area (Å²) in [5.74, 6) is 1.02. The first-order valence-electron chi connectivity index (χ1n) is 10.4. The molecule has 1 aromatic carbocycles. The number of fused-ring (bicyclic) bond motifs is 3. The summed E-state index contributed by atoms with van der Waals surface area (Å²) in [6.07, 6.45) is 4.81. The minimum atomic E-state index is 0.799. The molecule has 0 spiro atoms. The summed E-state index contributed by atoms with van der Waals surface area (Å²) < 4.78 is 6.68. The van der Waals surface area contributed by atoms with Gasteiger partial charge in [-0.3, -0.25) is 4.99 Å². The maximum Gasteiger partial charge on any atom is 0.140 e. The average Bonchev–Trinajstić information content (AvgIpc) is 2.67. The Labute approximate surface area is 161 Å². The molecule has 5 rings (SSSR count). The van der Waals surface area contributed by atoms with E-state index in [-0.39, 0.29) is 0 Å². The van der Waals surface area contributed by atoms with E-state index in [9.17, 15) is 0 Å². The first kappa shape index (κ1) is 16.9. The van der Waals surface area contributed by atoms with Crippen LogP contribution in [0.15, 0.2) is 21.5 Å². The molecule has 0 N–H and O–H groups in total. The molecule has 3 aliphatic heterocycles. The lowest BCUT2D eigenvalue weighted by Crippen LogP contribution is -2.34. The predicted octanol–water partition coefficient (Wildman–Crippen LogP) is 5.08. The van der Waals surface area contributed by atoms with Crippen molar-refractivity contribution in [3.63, 3.8) is 0 Å². The number of aryl methyl sites for hydroxylation is 4. The van der Waals surface area contributed by atoms with Crippen molar-refractivity contribution in [3.8, 4) is 11.3 Å². The van der Waals surface area contributed by atoms with Crippen molar-refractivity contribution < 1.29 is 4.42 Å². The van der Waals surface area contributed by atoms with Crippen LogP contribution < -0.4 is 10.3 Å². The van der Waals surface area contributed by atoms with Crippen LogP contribution in [0, 0.1) is 20.8 Å². The van der Waals surface area contributed by atoms with Gasteiger partial charge in [0, 0.05) is 47.4 Å². The molecule has 0 radical (unpaired) electrons. The largest absolute Gasteiger partial charge is 0.455 e. The van der Waals surface area contributed by atoms with Crippen LogP contribution in [-0.4, -0.2) is 19.6 Å². The molecule has 3 heteroatoms. The van der Waals surface area contributed by atoms with Crippen LogP contribution in [0.5, 0.6) is 0 Å². The van der Waals surface area contributed by atoms with E-state index in [1.807, 2.05) is 0 Å². The van der Waals surface area contributed by atoms with Crippen molar-refractivity contribution in [2.75, 3.05) is 24.5 Å². The van der Waals surface area contributed by atoms with Gasteiger partial charge in [0.15, 0.2) is 0 Å². The van der Waals surface area contributed by atoms with E-state index in [1.165, 1.54) is 76.8 Å².